The molecule has 0 bridgehead atoms. The largest absolute Gasteiger partial charge is 0.384 e. The molecule has 0 saturated heterocycles. The van der Waals surface area contributed by atoms with Crippen LogP contribution in [-0.2, 0) is 17.9 Å². The Balaban J connectivity index is 1.88. The summed E-state index contributed by atoms with van der Waals surface area (Å²) in [6.07, 6.45) is 6.82. The van der Waals surface area contributed by atoms with Gasteiger partial charge in [0.15, 0.2) is 5.78 Å². The van der Waals surface area contributed by atoms with Gasteiger partial charge in [0.1, 0.15) is 11.4 Å². The van der Waals surface area contributed by atoms with E-state index >= 15 is 0 Å². The van der Waals surface area contributed by atoms with Crippen LogP contribution >= 0.6 is 0 Å². The normalized spacial score (nSPS) is 14.4. The number of amides is 1. The van der Waals surface area contributed by atoms with Crippen molar-refractivity contribution >= 4 is 17.5 Å². The fourth-order valence-corrected chi connectivity index (χ4v) is 4.73. The van der Waals surface area contributed by atoms with Crippen LogP contribution in [0.5, 0.6) is 0 Å². The number of anilines is 1. The first-order valence-corrected chi connectivity index (χ1v) is 12.0. The van der Waals surface area contributed by atoms with Gasteiger partial charge in [0.25, 0.3) is 5.56 Å². The van der Waals surface area contributed by atoms with Gasteiger partial charge in [0.2, 0.25) is 5.91 Å². The van der Waals surface area contributed by atoms with Gasteiger partial charge < -0.3 is 11.5 Å². The van der Waals surface area contributed by atoms with Crippen LogP contribution in [0.15, 0.2) is 39.9 Å². The Morgan fingerprint density at radius 3 is 2.32 bits per heavy atom. The minimum absolute atomic E-state index is 0.0794. The average molecular weight is 470 g/mol. The molecule has 9 heteroatoms. The average Bonchev–Trinajstić information content (AvgIpc) is 2.81. The Bertz CT molecular complexity index is 1120. The summed E-state index contributed by atoms with van der Waals surface area (Å²) < 4.78 is 2.28. The summed E-state index contributed by atoms with van der Waals surface area (Å²) in [5.41, 5.74) is 11.0. The van der Waals surface area contributed by atoms with E-state index in [1.165, 1.54) is 23.8 Å². The number of Topliss-reactive ketones (excluding diaryl/α,β-unsaturated/α-hetero) is 1. The third-order valence-corrected chi connectivity index (χ3v) is 6.57. The molecule has 9 nitrogen and oxygen atoms in total. The Hall–Kier alpha value is -3.20. The molecule has 0 aliphatic heterocycles. The van der Waals surface area contributed by atoms with Crippen LogP contribution in [0.25, 0.3) is 0 Å². The van der Waals surface area contributed by atoms with E-state index in [9.17, 15) is 19.2 Å². The van der Waals surface area contributed by atoms with Crippen molar-refractivity contribution in [1.82, 2.24) is 14.0 Å². The number of carbonyl (C=O) groups excluding carboxylic acids is 2. The van der Waals surface area contributed by atoms with E-state index in [-0.39, 0.29) is 37.6 Å². The molecule has 0 spiro atoms. The third kappa shape index (κ3) is 6.22. The van der Waals surface area contributed by atoms with Crippen LogP contribution in [0.1, 0.15) is 61.4 Å². The van der Waals surface area contributed by atoms with Gasteiger partial charge in [0.05, 0.1) is 19.6 Å². The number of rotatable bonds is 11. The molecule has 1 aromatic heterocycles. The summed E-state index contributed by atoms with van der Waals surface area (Å²) in [6, 6.07) is 9.22. The molecule has 1 aliphatic carbocycles. The van der Waals surface area contributed by atoms with E-state index < -0.39 is 22.9 Å². The van der Waals surface area contributed by atoms with Gasteiger partial charge in [-0.05, 0) is 31.4 Å². The molecular formula is C25H35N5O4. The molecule has 34 heavy (non-hydrogen) atoms. The van der Waals surface area contributed by atoms with Crippen molar-refractivity contribution in [2.45, 2.75) is 58.5 Å². The molecule has 1 amide bonds. The number of hydrogen-bond acceptors (Lipinski definition) is 6. The Morgan fingerprint density at radius 2 is 1.71 bits per heavy atom. The third-order valence-electron chi connectivity index (χ3n) is 6.57. The van der Waals surface area contributed by atoms with Gasteiger partial charge >= 0.3 is 5.69 Å². The van der Waals surface area contributed by atoms with Crippen LogP contribution < -0.4 is 22.7 Å². The zero-order valence-electron chi connectivity index (χ0n) is 19.9. The predicted octanol–water partition coefficient (Wildman–Crippen LogP) is 1.60. The molecule has 1 aliphatic rings. The zero-order chi connectivity index (χ0) is 24.7. The lowest BCUT2D eigenvalue weighted by Crippen LogP contribution is -2.46. The number of primary amides is 1. The number of carbonyl (C=O) groups is 2. The number of ketones is 1. The Kier molecular flexibility index (Phi) is 8.81. The van der Waals surface area contributed by atoms with Crippen molar-refractivity contribution in [3.05, 3.63) is 62.3 Å². The maximum Gasteiger partial charge on any atom is 0.332 e. The number of aromatic nitrogens is 2. The van der Waals surface area contributed by atoms with E-state index in [1.807, 2.05) is 30.3 Å². The van der Waals surface area contributed by atoms with E-state index in [0.717, 1.165) is 29.4 Å². The predicted molar refractivity (Wildman–Crippen MR) is 132 cm³/mol. The number of nitrogens with zero attached hydrogens (tertiary/aromatic N) is 3. The smallest absolute Gasteiger partial charge is 0.332 e. The molecule has 0 unspecified atom stereocenters. The van der Waals surface area contributed by atoms with Crippen LogP contribution in [-0.4, -0.2) is 45.4 Å². The molecule has 2 aromatic rings. The molecule has 0 radical (unpaired) electrons. The molecule has 3 rings (SSSR count). The first-order chi connectivity index (χ1) is 16.3. The maximum atomic E-state index is 13.3. The highest BCUT2D eigenvalue weighted by atomic mass is 16.2. The summed E-state index contributed by atoms with van der Waals surface area (Å²) >= 11 is 0. The summed E-state index contributed by atoms with van der Waals surface area (Å²) in [4.78, 5) is 52.6. The minimum atomic E-state index is -0.703. The fraction of sp³-hybridized carbons (Fsp3) is 0.520. The summed E-state index contributed by atoms with van der Waals surface area (Å²) in [6.45, 7) is 2.21. The summed E-state index contributed by atoms with van der Waals surface area (Å²) in [5.74, 6) is -0.643. The highest BCUT2D eigenvalue weighted by molar-refractivity contribution is 6.01. The molecule has 1 fully saturated rings. The Morgan fingerprint density at radius 1 is 1.03 bits per heavy atom. The first kappa shape index (κ1) is 25.4. The molecule has 0 atom stereocenters. The van der Waals surface area contributed by atoms with Crippen LogP contribution in [0.2, 0.25) is 0 Å². The van der Waals surface area contributed by atoms with Gasteiger partial charge in [-0.15, -0.1) is 0 Å². The maximum absolute atomic E-state index is 13.3. The van der Waals surface area contributed by atoms with E-state index in [4.69, 9.17) is 11.5 Å². The van der Waals surface area contributed by atoms with E-state index in [2.05, 4.69) is 0 Å². The van der Waals surface area contributed by atoms with E-state index in [0.29, 0.717) is 12.5 Å². The lowest BCUT2D eigenvalue weighted by molar-refractivity contribution is -0.119. The fourth-order valence-electron chi connectivity index (χ4n) is 4.73. The van der Waals surface area contributed by atoms with Crippen LogP contribution in [0.3, 0.4) is 0 Å². The molecular weight excluding hydrogens is 434 g/mol. The number of benzene rings is 1. The lowest BCUT2D eigenvalue weighted by Gasteiger charge is -2.26. The van der Waals surface area contributed by atoms with Gasteiger partial charge in [-0.1, -0.05) is 62.4 Å². The van der Waals surface area contributed by atoms with E-state index in [1.54, 1.807) is 11.8 Å². The summed E-state index contributed by atoms with van der Waals surface area (Å²) in [7, 11) is 0. The van der Waals surface area contributed by atoms with Gasteiger partial charge in [-0.2, -0.15) is 0 Å². The van der Waals surface area contributed by atoms with Crippen molar-refractivity contribution in [1.29, 1.82) is 0 Å². The summed E-state index contributed by atoms with van der Waals surface area (Å²) in [5, 5.41) is 0. The van der Waals surface area contributed by atoms with Crippen molar-refractivity contribution < 1.29 is 9.59 Å². The lowest BCUT2D eigenvalue weighted by atomic mass is 9.87. The van der Waals surface area contributed by atoms with Crippen molar-refractivity contribution in [3.8, 4) is 0 Å². The van der Waals surface area contributed by atoms with Crippen LogP contribution in [0.4, 0.5) is 5.82 Å². The molecule has 1 heterocycles. The standard InChI is InChI=1S/C25H35N5O4/c1-2-29-24(33)22(23(27)30(25(29)34)15-19-11-7-4-8-12-19)20(31)16-28(17-21(26)32)14-13-18-9-5-3-6-10-18/h4,7-8,11-12,18H,2-3,5-6,9-10,13-17,27H2,1H3,(H2,26,32). The highest BCUT2D eigenvalue weighted by Gasteiger charge is 2.25. The van der Waals surface area contributed by atoms with Gasteiger partial charge in [-0.25, -0.2) is 4.79 Å². The Labute approximate surface area is 199 Å². The van der Waals surface area contributed by atoms with Crippen molar-refractivity contribution in [2.24, 2.45) is 11.7 Å². The quantitative estimate of drug-likeness (QED) is 0.480. The zero-order valence-corrected chi connectivity index (χ0v) is 19.9. The van der Waals surface area contributed by atoms with Gasteiger partial charge in [0, 0.05) is 6.54 Å². The first-order valence-electron chi connectivity index (χ1n) is 12.0. The molecule has 1 aromatic carbocycles. The SMILES string of the molecule is CCn1c(=O)c(C(=O)CN(CCC2CCCCC2)CC(N)=O)c(N)n(Cc2ccccc2)c1=O. The minimum Gasteiger partial charge on any atom is -0.384 e. The second-order valence-corrected chi connectivity index (χ2v) is 9.06. The van der Waals surface area contributed by atoms with Crippen molar-refractivity contribution in [3.63, 3.8) is 0 Å². The topological polar surface area (TPSA) is 133 Å². The van der Waals surface area contributed by atoms with Crippen LogP contribution in [0, 0.1) is 5.92 Å². The number of hydrogen-bond donors (Lipinski definition) is 2. The second kappa shape index (κ2) is 11.8. The van der Waals surface area contributed by atoms with Crippen molar-refractivity contribution in [2.75, 3.05) is 25.4 Å². The highest BCUT2D eigenvalue weighted by Crippen LogP contribution is 2.26. The number of nitrogens with two attached hydrogens (primary N) is 2. The molecule has 184 valence electrons. The second-order valence-electron chi connectivity index (χ2n) is 9.06. The monoisotopic (exact) mass is 469 g/mol. The number of nitrogen functional groups attached to an aromatic ring is 1. The van der Waals surface area contributed by atoms with Gasteiger partial charge in [-0.3, -0.25) is 28.4 Å². The molecule has 4 N–H and O–H groups in total. The molecule has 1 saturated carbocycles.